The van der Waals surface area contributed by atoms with Crippen LogP contribution >= 0.6 is 11.3 Å². The fraction of sp³-hybridized carbons (Fsp3) is 0.120. The summed E-state index contributed by atoms with van der Waals surface area (Å²) in [5.41, 5.74) is 3.42. The van der Waals surface area contributed by atoms with Gasteiger partial charge in [0, 0.05) is 18.9 Å². The molecule has 0 aliphatic rings. The van der Waals surface area contributed by atoms with Gasteiger partial charge in [0.05, 0.1) is 27.3 Å². The molecule has 0 saturated heterocycles. The maximum absolute atomic E-state index is 13.1. The lowest BCUT2D eigenvalue weighted by Crippen LogP contribution is -2.24. The number of imidazole rings is 1. The first-order chi connectivity index (χ1) is 16.4. The minimum atomic E-state index is -3.79. The smallest absolute Gasteiger partial charge is 0.304 e. The van der Waals surface area contributed by atoms with Crippen LogP contribution in [0.3, 0.4) is 0 Å². The van der Waals surface area contributed by atoms with E-state index in [2.05, 4.69) is 9.71 Å². The quantitative estimate of drug-likeness (QED) is 0.372. The molecular formula is C25H22N4O3S2. The number of aromatic nitrogens is 3. The number of hydrogen-bond acceptors (Lipinski definition) is 5. The molecule has 5 aromatic rings. The Morgan fingerprint density at radius 1 is 1.00 bits per heavy atom. The van der Waals surface area contributed by atoms with Crippen LogP contribution in [0.15, 0.2) is 94.9 Å². The average Bonchev–Trinajstić information content (AvgIpc) is 3.40. The molecule has 0 atom stereocenters. The van der Waals surface area contributed by atoms with Gasteiger partial charge >= 0.3 is 4.87 Å². The van der Waals surface area contributed by atoms with E-state index < -0.39 is 10.0 Å². The van der Waals surface area contributed by atoms with Crippen molar-refractivity contribution in [1.29, 1.82) is 0 Å². The Morgan fingerprint density at radius 2 is 1.76 bits per heavy atom. The molecule has 5 rings (SSSR count). The summed E-state index contributed by atoms with van der Waals surface area (Å²) in [5.74, 6) is 0.815. The number of hydrogen-bond donors (Lipinski definition) is 1. The number of nitrogens with one attached hydrogen (secondary N) is 1. The Balaban J connectivity index is 1.41. The second kappa shape index (κ2) is 9.02. The van der Waals surface area contributed by atoms with Gasteiger partial charge in [0.15, 0.2) is 0 Å². The van der Waals surface area contributed by atoms with Crippen molar-refractivity contribution in [2.45, 2.75) is 24.9 Å². The summed E-state index contributed by atoms with van der Waals surface area (Å²) in [6, 6.07) is 22.1. The van der Waals surface area contributed by atoms with E-state index in [1.54, 1.807) is 29.0 Å². The summed E-state index contributed by atoms with van der Waals surface area (Å²) in [4.78, 5) is 16.9. The Hall–Kier alpha value is -3.53. The second-order valence-electron chi connectivity index (χ2n) is 7.87. The van der Waals surface area contributed by atoms with Crippen molar-refractivity contribution in [2.75, 3.05) is 0 Å². The SMILES string of the molecule is Cc1nccn1-c1ccccc1CNS(=O)(=O)c1ccc2c(c1)sc(=O)n2Cc1ccccc1. The van der Waals surface area contributed by atoms with E-state index in [0.717, 1.165) is 39.5 Å². The highest BCUT2D eigenvalue weighted by Gasteiger charge is 2.18. The highest BCUT2D eigenvalue weighted by atomic mass is 32.2. The topological polar surface area (TPSA) is 86.0 Å². The third-order valence-corrected chi connectivity index (χ3v) is 8.00. The third-order valence-electron chi connectivity index (χ3n) is 5.66. The van der Waals surface area contributed by atoms with Crippen LogP contribution in [0.25, 0.3) is 15.9 Å². The molecule has 0 spiro atoms. The van der Waals surface area contributed by atoms with Crippen LogP contribution in [-0.4, -0.2) is 22.5 Å². The Kier molecular flexibility index (Phi) is 5.91. The molecule has 0 aliphatic heterocycles. The van der Waals surface area contributed by atoms with Crippen LogP contribution < -0.4 is 9.60 Å². The second-order valence-corrected chi connectivity index (χ2v) is 10.6. The molecule has 172 valence electrons. The highest BCUT2D eigenvalue weighted by Crippen LogP contribution is 2.23. The van der Waals surface area contributed by atoms with E-state index in [0.29, 0.717) is 11.2 Å². The van der Waals surface area contributed by atoms with Crippen LogP contribution in [-0.2, 0) is 23.1 Å². The monoisotopic (exact) mass is 490 g/mol. The summed E-state index contributed by atoms with van der Waals surface area (Å²) in [6.07, 6.45) is 3.56. The number of nitrogens with zero attached hydrogens (tertiary/aromatic N) is 3. The van der Waals surface area contributed by atoms with Gasteiger partial charge in [0.2, 0.25) is 10.0 Å². The molecule has 9 heteroatoms. The molecule has 34 heavy (non-hydrogen) atoms. The summed E-state index contributed by atoms with van der Waals surface area (Å²) in [6.45, 7) is 2.46. The van der Waals surface area contributed by atoms with E-state index in [-0.39, 0.29) is 16.3 Å². The summed E-state index contributed by atoms with van der Waals surface area (Å²) < 4.78 is 33.1. The van der Waals surface area contributed by atoms with Crippen molar-refractivity contribution in [3.05, 3.63) is 112 Å². The van der Waals surface area contributed by atoms with E-state index in [1.807, 2.05) is 72.3 Å². The average molecular weight is 491 g/mol. The molecule has 0 fully saturated rings. The van der Waals surface area contributed by atoms with E-state index in [1.165, 1.54) is 0 Å². The van der Waals surface area contributed by atoms with Crippen molar-refractivity contribution in [2.24, 2.45) is 0 Å². The number of fused-ring (bicyclic) bond motifs is 1. The van der Waals surface area contributed by atoms with Gasteiger partial charge in [-0.05, 0) is 42.3 Å². The summed E-state index contributed by atoms with van der Waals surface area (Å²) in [7, 11) is -3.79. The van der Waals surface area contributed by atoms with Crippen LogP contribution in [0, 0.1) is 6.92 Å². The van der Waals surface area contributed by atoms with Crippen LogP contribution in [0.2, 0.25) is 0 Å². The lowest BCUT2D eigenvalue weighted by atomic mass is 10.2. The van der Waals surface area contributed by atoms with E-state index in [9.17, 15) is 13.2 Å². The van der Waals surface area contributed by atoms with Gasteiger partial charge in [-0.25, -0.2) is 18.1 Å². The van der Waals surface area contributed by atoms with Gasteiger partial charge in [-0.3, -0.25) is 9.36 Å². The summed E-state index contributed by atoms with van der Waals surface area (Å²) >= 11 is 1.05. The van der Waals surface area contributed by atoms with Crippen LogP contribution in [0.4, 0.5) is 0 Å². The minimum absolute atomic E-state index is 0.119. The van der Waals surface area contributed by atoms with Gasteiger partial charge in [-0.15, -0.1) is 0 Å². The first-order valence-corrected chi connectivity index (χ1v) is 13.0. The van der Waals surface area contributed by atoms with Crippen molar-refractivity contribution in [1.82, 2.24) is 18.8 Å². The molecule has 1 N–H and O–H groups in total. The standard InChI is InChI=1S/C25H22N4O3S2/c1-18-26-13-14-28(18)22-10-6-5-9-20(22)16-27-34(31,32)21-11-12-23-24(15-21)33-25(30)29(23)17-19-7-3-2-4-8-19/h2-15,27H,16-17H2,1H3. The summed E-state index contributed by atoms with van der Waals surface area (Å²) in [5, 5.41) is 0. The molecule has 3 aromatic carbocycles. The molecular weight excluding hydrogens is 468 g/mol. The van der Waals surface area contributed by atoms with Gasteiger partial charge in [0.1, 0.15) is 5.82 Å². The van der Waals surface area contributed by atoms with Gasteiger partial charge in [0.25, 0.3) is 0 Å². The van der Waals surface area contributed by atoms with Gasteiger partial charge in [-0.2, -0.15) is 0 Å². The predicted molar refractivity (Wildman–Crippen MR) is 134 cm³/mol. The number of sulfonamides is 1. The predicted octanol–water partition coefficient (Wildman–Crippen LogP) is 4.08. The Labute approximate surface area is 201 Å². The number of aryl methyl sites for hydroxylation is 1. The Bertz CT molecular complexity index is 1630. The molecule has 2 aromatic heterocycles. The number of rotatable bonds is 7. The fourth-order valence-electron chi connectivity index (χ4n) is 3.91. The van der Waals surface area contributed by atoms with E-state index in [4.69, 9.17) is 0 Å². The molecule has 0 amide bonds. The zero-order valence-electron chi connectivity index (χ0n) is 18.4. The number of benzene rings is 3. The molecule has 2 heterocycles. The van der Waals surface area contributed by atoms with Crippen molar-refractivity contribution >= 4 is 31.6 Å². The first-order valence-electron chi connectivity index (χ1n) is 10.7. The van der Waals surface area contributed by atoms with Crippen LogP contribution in [0.1, 0.15) is 17.0 Å². The molecule has 0 bridgehead atoms. The zero-order valence-corrected chi connectivity index (χ0v) is 20.0. The highest BCUT2D eigenvalue weighted by molar-refractivity contribution is 7.89. The lowest BCUT2D eigenvalue weighted by molar-refractivity contribution is 0.581. The number of para-hydroxylation sites is 1. The maximum atomic E-state index is 13.1. The molecule has 0 unspecified atom stereocenters. The van der Waals surface area contributed by atoms with Crippen LogP contribution in [0.5, 0.6) is 0 Å². The largest absolute Gasteiger partial charge is 0.308 e. The normalized spacial score (nSPS) is 11.8. The minimum Gasteiger partial charge on any atom is -0.304 e. The fourth-order valence-corrected chi connectivity index (χ4v) is 5.95. The van der Waals surface area contributed by atoms with Crippen molar-refractivity contribution < 1.29 is 8.42 Å². The van der Waals surface area contributed by atoms with Gasteiger partial charge < -0.3 is 4.57 Å². The van der Waals surface area contributed by atoms with Gasteiger partial charge in [-0.1, -0.05) is 59.9 Å². The molecule has 0 saturated carbocycles. The number of thiazole rings is 1. The zero-order chi connectivity index (χ0) is 23.7. The Morgan fingerprint density at radius 3 is 2.53 bits per heavy atom. The van der Waals surface area contributed by atoms with Crippen molar-refractivity contribution in [3.8, 4) is 5.69 Å². The molecule has 7 nitrogen and oxygen atoms in total. The van der Waals surface area contributed by atoms with Crippen molar-refractivity contribution in [3.63, 3.8) is 0 Å². The lowest BCUT2D eigenvalue weighted by Gasteiger charge is -2.13. The molecule has 0 radical (unpaired) electrons. The third kappa shape index (κ3) is 4.33. The molecule has 0 aliphatic carbocycles. The maximum Gasteiger partial charge on any atom is 0.308 e. The first kappa shape index (κ1) is 22.3. The van der Waals surface area contributed by atoms with E-state index >= 15 is 0 Å².